The normalized spacial score (nSPS) is 11.4. The highest BCUT2D eigenvalue weighted by Crippen LogP contribution is 2.42. The van der Waals surface area contributed by atoms with Crippen LogP contribution in [0.4, 0.5) is 5.69 Å². The lowest BCUT2D eigenvalue weighted by Gasteiger charge is -2.42. The number of benzene rings is 2. The zero-order valence-corrected chi connectivity index (χ0v) is 26.7. The van der Waals surface area contributed by atoms with Crippen LogP contribution in [0.1, 0.15) is 59.1 Å². The molecule has 41 heavy (non-hydrogen) atoms. The van der Waals surface area contributed by atoms with E-state index in [1.165, 1.54) is 0 Å². The minimum atomic E-state index is -1.89. The van der Waals surface area contributed by atoms with E-state index in [0.717, 1.165) is 16.8 Å². The Morgan fingerprint density at radius 1 is 0.805 bits per heavy atom. The Morgan fingerprint density at radius 2 is 1.34 bits per heavy atom. The number of ether oxygens (including phenoxy) is 3. The molecule has 0 aliphatic carbocycles. The van der Waals surface area contributed by atoms with Crippen LogP contribution in [0, 0.1) is 11.8 Å². The van der Waals surface area contributed by atoms with Crippen molar-refractivity contribution in [3.05, 3.63) is 85.5 Å². The van der Waals surface area contributed by atoms with Crippen LogP contribution in [-0.2, 0) is 4.43 Å². The first kappa shape index (κ1) is 33.7. The van der Waals surface area contributed by atoms with E-state index in [9.17, 15) is 0 Å². The van der Waals surface area contributed by atoms with E-state index in [1.807, 2.05) is 36.4 Å². The number of hydrogen-bond acceptors (Lipinski definition) is 5. The topological polar surface area (TPSA) is 49.3 Å². The Hall–Kier alpha value is -3.53. The highest BCUT2D eigenvalue weighted by molar-refractivity contribution is 6.77. The molecule has 5 nitrogen and oxygen atoms in total. The van der Waals surface area contributed by atoms with Crippen molar-refractivity contribution in [1.82, 2.24) is 0 Å². The van der Waals surface area contributed by atoms with Gasteiger partial charge in [0.15, 0.2) is 19.8 Å². The minimum absolute atomic E-state index is 0.314. The zero-order valence-electron chi connectivity index (χ0n) is 25.7. The van der Waals surface area contributed by atoms with Crippen molar-refractivity contribution in [2.24, 2.45) is 4.99 Å². The van der Waals surface area contributed by atoms with Gasteiger partial charge in [-0.1, -0.05) is 103 Å². The SMILES string of the molecule is C=CCOc1cc(C=Nc2ccccc2C#CCCO[Si](C(C)C)(C(C)C)C(C)C)cc(OCC=C)c1OCC=C. The summed E-state index contributed by atoms with van der Waals surface area (Å²) in [5, 5.41) is 0. The van der Waals surface area contributed by atoms with Gasteiger partial charge in [0.05, 0.1) is 11.3 Å². The first-order valence-corrected chi connectivity index (χ1v) is 16.5. The number of hydrogen-bond donors (Lipinski definition) is 0. The number of nitrogens with zero attached hydrogens (tertiary/aromatic N) is 1. The first-order valence-electron chi connectivity index (χ1n) is 14.4. The molecule has 0 spiro atoms. The third kappa shape index (κ3) is 9.52. The molecule has 2 rings (SSSR count). The van der Waals surface area contributed by atoms with Gasteiger partial charge < -0.3 is 18.6 Å². The molecular formula is C35H47NO4Si. The second-order valence-corrected chi connectivity index (χ2v) is 16.1. The van der Waals surface area contributed by atoms with Gasteiger partial charge in [-0.3, -0.25) is 4.99 Å². The molecule has 220 valence electrons. The number of para-hydroxylation sites is 1. The largest absolute Gasteiger partial charge is 0.485 e. The molecule has 0 aliphatic heterocycles. The maximum Gasteiger partial charge on any atom is 0.203 e. The monoisotopic (exact) mass is 573 g/mol. The molecule has 0 heterocycles. The maximum atomic E-state index is 6.66. The predicted octanol–water partition coefficient (Wildman–Crippen LogP) is 9.07. The van der Waals surface area contributed by atoms with Crippen LogP contribution in [0.5, 0.6) is 17.2 Å². The summed E-state index contributed by atoms with van der Waals surface area (Å²) in [5.74, 6) is 8.18. The van der Waals surface area contributed by atoms with Gasteiger partial charge in [-0.15, -0.1) is 0 Å². The molecule has 0 amide bonds. The van der Waals surface area contributed by atoms with Crippen molar-refractivity contribution in [3.63, 3.8) is 0 Å². The third-order valence-electron chi connectivity index (χ3n) is 6.87. The van der Waals surface area contributed by atoms with E-state index < -0.39 is 8.32 Å². The van der Waals surface area contributed by atoms with Crippen LogP contribution in [-0.4, -0.2) is 41.0 Å². The fourth-order valence-electron chi connectivity index (χ4n) is 5.24. The quantitative estimate of drug-likeness (QED) is 0.0623. The summed E-state index contributed by atoms with van der Waals surface area (Å²) in [5.41, 5.74) is 4.10. The van der Waals surface area contributed by atoms with Crippen molar-refractivity contribution >= 4 is 20.2 Å². The van der Waals surface area contributed by atoms with Crippen LogP contribution in [0.15, 0.2) is 79.4 Å². The fraction of sp³-hybridized carbons (Fsp3) is 0.400. The van der Waals surface area contributed by atoms with Crippen molar-refractivity contribution < 1.29 is 18.6 Å². The van der Waals surface area contributed by atoms with Crippen LogP contribution in [0.25, 0.3) is 0 Å². The van der Waals surface area contributed by atoms with Gasteiger partial charge in [0.2, 0.25) is 5.75 Å². The van der Waals surface area contributed by atoms with Gasteiger partial charge in [0, 0.05) is 24.8 Å². The summed E-state index contributed by atoms with van der Waals surface area (Å²) in [4.78, 5) is 4.76. The molecule has 0 saturated heterocycles. The van der Waals surface area contributed by atoms with Crippen molar-refractivity contribution in [2.45, 2.75) is 64.6 Å². The smallest absolute Gasteiger partial charge is 0.203 e. The minimum Gasteiger partial charge on any atom is -0.485 e. The molecule has 0 radical (unpaired) electrons. The maximum absolute atomic E-state index is 6.66. The first-order chi connectivity index (χ1) is 19.7. The van der Waals surface area contributed by atoms with Gasteiger partial charge in [0.25, 0.3) is 0 Å². The van der Waals surface area contributed by atoms with Crippen LogP contribution < -0.4 is 14.2 Å². The zero-order chi connectivity index (χ0) is 30.3. The Balaban J connectivity index is 2.29. The lowest BCUT2D eigenvalue weighted by molar-refractivity contribution is 0.280. The standard InChI is InChI=1S/C35H47NO4Si/c1-10-20-37-33-24-30(25-34(38-21-11-2)35(33)39-22-12-3)26-36-32-19-14-13-17-31(32)18-15-16-23-40-41(27(4)5,28(6)7)29(8)9/h10-14,17,19,24-29H,1-3,16,20-23H2,4-9H3. The summed E-state index contributed by atoms with van der Waals surface area (Å²) < 4.78 is 24.3. The molecule has 0 saturated carbocycles. The van der Waals surface area contributed by atoms with Crippen molar-refractivity contribution in [1.29, 1.82) is 0 Å². The molecular weight excluding hydrogens is 526 g/mol. The summed E-state index contributed by atoms with van der Waals surface area (Å²) in [7, 11) is -1.89. The molecule has 0 bridgehead atoms. The van der Waals surface area contributed by atoms with E-state index in [2.05, 4.69) is 73.1 Å². The average molecular weight is 574 g/mol. The average Bonchev–Trinajstić information content (AvgIpc) is 2.94. The summed E-state index contributed by atoms with van der Waals surface area (Å²) in [6, 6.07) is 11.6. The Labute approximate surface area is 249 Å². The molecule has 0 atom stereocenters. The number of aliphatic imine (C=N–C) groups is 1. The molecule has 0 unspecified atom stereocenters. The summed E-state index contributed by atoms with van der Waals surface area (Å²) in [6.45, 7) is 26.7. The summed E-state index contributed by atoms with van der Waals surface area (Å²) in [6.07, 6.45) is 7.48. The molecule has 0 aliphatic rings. The Bertz CT molecular complexity index is 1180. The molecule has 6 heteroatoms. The molecule has 2 aromatic carbocycles. The van der Waals surface area contributed by atoms with Gasteiger partial charge in [-0.05, 0) is 40.9 Å². The van der Waals surface area contributed by atoms with E-state index in [0.29, 0.717) is 66.7 Å². The Morgan fingerprint density at radius 3 is 1.88 bits per heavy atom. The lowest BCUT2D eigenvalue weighted by atomic mass is 10.1. The van der Waals surface area contributed by atoms with E-state index in [1.54, 1.807) is 24.4 Å². The molecule has 0 fully saturated rings. The third-order valence-corrected chi connectivity index (χ3v) is 13.0. The highest BCUT2D eigenvalue weighted by Gasteiger charge is 2.44. The second-order valence-electron chi connectivity index (χ2n) is 10.6. The van der Waals surface area contributed by atoms with Gasteiger partial charge >= 0.3 is 0 Å². The summed E-state index contributed by atoms with van der Waals surface area (Å²) >= 11 is 0. The number of rotatable bonds is 17. The molecule has 0 aromatic heterocycles. The van der Waals surface area contributed by atoms with E-state index in [4.69, 9.17) is 23.6 Å². The van der Waals surface area contributed by atoms with Gasteiger partial charge in [-0.2, -0.15) is 0 Å². The van der Waals surface area contributed by atoms with Crippen LogP contribution in [0.3, 0.4) is 0 Å². The van der Waals surface area contributed by atoms with Crippen LogP contribution >= 0.6 is 0 Å². The second kappa shape index (κ2) is 17.3. The van der Waals surface area contributed by atoms with Crippen LogP contribution in [0.2, 0.25) is 16.6 Å². The van der Waals surface area contributed by atoms with Crippen molar-refractivity contribution in [3.8, 4) is 29.1 Å². The van der Waals surface area contributed by atoms with Gasteiger partial charge in [-0.25, -0.2) is 0 Å². The van der Waals surface area contributed by atoms with E-state index in [-0.39, 0.29) is 0 Å². The lowest BCUT2D eigenvalue weighted by Crippen LogP contribution is -2.47. The van der Waals surface area contributed by atoms with Gasteiger partial charge in [0.1, 0.15) is 19.8 Å². The Kier molecular flexibility index (Phi) is 14.2. The fourth-order valence-corrected chi connectivity index (χ4v) is 10.7. The molecule has 2 aromatic rings. The highest BCUT2D eigenvalue weighted by atomic mass is 28.4. The predicted molar refractivity (Wildman–Crippen MR) is 176 cm³/mol. The van der Waals surface area contributed by atoms with E-state index >= 15 is 0 Å². The van der Waals surface area contributed by atoms with Crippen molar-refractivity contribution in [2.75, 3.05) is 26.4 Å². The molecule has 0 N–H and O–H groups in total.